The van der Waals surface area contributed by atoms with Crippen molar-refractivity contribution < 1.29 is 5.11 Å². The van der Waals surface area contributed by atoms with E-state index in [9.17, 15) is 0 Å². The molecule has 82 valence electrons. The van der Waals surface area contributed by atoms with Crippen LogP contribution in [0.4, 0.5) is 0 Å². The number of hydrogen-bond acceptors (Lipinski definition) is 2. The third kappa shape index (κ3) is 2.80. The van der Waals surface area contributed by atoms with Crippen LogP contribution in [0.3, 0.4) is 0 Å². The van der Waals surface area contributed by atoms with Crippen molar-refractivity contribution in [3.8, 4) is 0 Å². The summed E-state index contributed by atoms with van der Waals surface area (Å²) in [6.45, 7) is 3.71. The lowest BCUT2D eigenvalue weighted by atomic mass is 10.1. The summed E-state index contributed by atoms with van der Waals surface area (Å²) in [4.78, 5) is 2.49. The van der Waals surface area contributed by atoms with Crippen molar-refractivity contribution in [3.63, 3.8) is 0 Å². The van der Waals surface area contributed by atoms with Crippen molar-refractivity contribution in [1.29, 1.82) is 0 Å². The maximum absolute atomic E-state index is 8.69. The molecule has 15 heavy (non-hydrogen) atoms. The molecule has 0 fully saturated rings. The molecule has 0 atom stereocenters. The maximum Gasteiger partial charge on any atom is 0.0431 e. The highest BCUT2D eigenvalue weighted by molar-refractivity contribution is 5.30. The average molecular weight is 205 g/mol. The highest BCUT2D eigenvalue weighted by Crippen LogP contribution is 2.22. The van der Waals surface area contributed by atoms with Crippen molar-refractivity contribution in [3.05, 3.63) is 35.4 Å². The third-order valence-electron chi connectivity index (χ3n) is 3.04. The van der Waals surface area contributed by atoms with Gasteiger partial charge in [-0.15, -0.1) is 0 Å². The SMILES string of the molecule is OCCCCCN1Cc2ccccc2C1. The van der Waals surface area contributed by atoms with Crippen LogP contribution < -0.4 is 0 Å². The summed E-state index contributed by atoms with van der Waals surface area (Å²) in [6, 6.07) is 8.69. The van der Waals surface area contributed by atoms with Crippen molar-refractivity contribution in [2.24, 2.45) is 0 Å². The summed E-state index contributed by atoms with van der Waals surface area (Å²) in [5, 5.41) is 8.69. The Bertz CT molecular complexity index is 286. The standard InChI is InChI=1S/C13H19NO/c15-9-5-1-4-8-14-10-12-6-2-3-7-13(12)11-14/h2-3,6-7,15H,1,4-5,8-11H2. The molecule has 0 spiro atoms. The first-order valence-corrected chi connectivity index (χ1v) is 5.80. The molecule has 2 nitrogen and oxygen atoms in total. The molecule has 1 aliphatic heterocycles. The Morgan fingerprint density at radius 3 is 2.27 bits per heavy atom. The van der Waals surface area contributed by atoms with Gasteiger partial charge < -0.3 is 5.11 Å². The van der Waals surface area contributed by atoms with Gasteiger partial charge in [-0.25, -0.2) is 0 Å². The smallest absolute Gasteiger partial charge is 0.0431 e. The minimum absolute atomic E-state index is 0.334. The maximum atomic E-state index is 8.69. The first-order valence-electron chi connectivity index (χ1n) is 5.80. The number of fused-ring (bicyclic) bond motifs is 1. The third-order valence-corrected chi connectivity index (χ3v) is 3.04. The second-order valence-corrected chi connectivity index (χ2v) is 4.26. The number of aliphatic hydroxyl groups is 1. The molecule has 1 aromatic carbocycles. The van der Waals surface area contributed by atoms with Crippen molar-refractivity contribution in [1.82, 2.24) is 4.90 Å². The molecule has 1 heterocycles. The molecule has 2 rings (SSSR count). The van der Waals surface area contributed by atoms with E-state index in [2.05, 4.69) is 29.2 Å². The normalized spacial score (nSPS) is 15.5. The number of benzene rings is 1. The molecule has 0 bridgehead atoms. The molecule has 1 N–H and O–H groups in total. The van der Waals surface area contributed by atoms with Crippen LogP contribution in [-0.4, -0.2) is 23.2 Å². The predicted molar refractivity (Wildman–Crippen MR) is 61.5 cm³/mol. The number of aliphatic hydroxyl groups excluding tert-OH is 1. The lowest BCUT2D eigenvalue weighted by molar-refractivity contribution is 0.257. The van der Waals surface area contributed by atoms with Crippen molar-refractivity contribution in [2.75, 3.05) is 13.2 Å². The summed E-state index contributed by atoms with van der Waals surface area (Å²) >= 11 is 0. The van der Waals surface area contributed by atoms with Gasteiger partial charge in [-0.1, -0.05) is 24.3 Å². The fourth-order valence-electron chi connectivity index (χ4n) is 2.19. The summed E-state index contributed by atoms with van der Waals surface area (Å²) in [7, 11) is 0. The zero-order valence-electron chi connectivity index (χ0n) is 9.15. The largest absolute Gasteiger partial charge is 0.396 e. The van der Waals surface area contributed by atoms with Crippen LogP contribution in [0.2, 0.25) is 0 Å². The van der Waals surface area contributed by atoms with E-state index in [1.54, 1.807) is 0 Å². The second-order valence-electron chi connectivity index (χ2n) is 4.26. The van der Waals surface area contributed by atoms with Gasteiger partial charge in [-0.3, -0.25) is 4.90 Å². The van der Waals surface area contributed by atoms with Crippen LogP contribution >= 0.6 is 0 Å². The van der Waals surface area contributed by atoms with E-state index >= 15 is 0 Å². The molecule has 0 aromatic heterocycles. The van der Waals surface area contributed by atoms with Gasteiger partial charge in [0.25, 0.3) is 0 Å². The van der Waals surface area contributed by atoms with E-state index in [1.807, 2.05) is 0 Å². The molecular weight excluding hydrogens is 186 g/mol. The zero-order chi connectivity index (χ0) is 10.5. The molecule has 0 aliphatic carbocycles. The van der Waals surface area contributed by atoms with Gasteiger partial charge >= 0.3 is 0 Å². The van der Waals surface area contributed by atoms with Gasteiger partial charge in [0.15, 0.2) is 0 Å². The number of rotatable bonds is 5. The Labute approximate surface area is 91.5 Å². The highest BCUT2D eigenvalue weighted by atomic mass is 16.2. The first-order chi connectivity index (χ1) is 7.40. The Kier molecular flexibility index (Phi) is 3.75. The molecule has 0 amide bonds. The lowest BCUT2D eigenvalue weighted by Crippen LogP contribution is -2.17. The van der Waals surface area contributed by atoms with Crippen molar-refractivity contribution in [2.45, 2.75) is 32.4 Å². The highest BCUT2D eigenvalue weighted by Gasteiger charge is 2.16. The topological polar surface area (TPSA) is 23.5 Å². The van der Waals surface area contributed by atoms with Gasteiger partial charge in [0, 0.05) is 19.7 Å². The van der Waals surface area contributed by atoms with E-state index in [4.69, 9.17) is 5.11 Å². The quantitative estimate of drug-likeness (QED) is 0.745. The molecule has 0 radical (unpaired) electrons. The lowest BCUT2D eigenvalue weighted by Gasteiger charge is -2.13. The van der Waals surface area contributed by atoms with Gasteiger partial charge in [-0.05, 0) is 36.9 Å². The molecule has 0 unspecified atom stereocenters. The Morgan fingerprint density at radius 1 is 1.00 bits per heavy atom. The van der Waals surface area contributed by atoms with Crippen LogP contribution in [0.15, 0.2) is 24.3 Å². The Hall–Kier alpha value is -0.860. The summed E-state index contributed by atoms with van der Waals surface area (Å²) in [5.74, 6) is 0. The van der Waals surface area contributed by atoms with Crippen LogP contribution in [0.5, 0.6) is 0 Å². The van der Waals surface area contributed by atoms with Crippen LogP contribution in [0, 0.1) is 0 Å². The molecular formula is C13H19NO. The van der Waals surface area contributed by atoms with Crippen LogP contribution in [0.25, 0.3) is 0 Å². The average Bonchev–Trinajstić information content (AvgIpc) is 2.67. The number of unbranched alkanes of at least 4 members (excludes halogenated alkanes) is 2. The van der Waals surface area contributed by atoms with Gasteiger partial charge in [0.05, 0.1) is 0 Å². The van der Waals surface area contributed by atoms with Crippen LogP contribution in [0.1, 0.15) is 30.4 Å². The monoisotopic (exact) mass is 205 g/mol. The minimum atomic E-state index is 0.334. The fraction of sp³-hybridized carbons (Fsp3) is 0.538. The summed E-state index contributed by atoms with van der Waals surface area (Å²) in [6.07, 6.45) is 3.29. The zero-order valence-corrected chi connectivity index (χ0v) is 9.15. The van der Waals surface area contributed by atoms with Crippen LogP contribution in [-0.2, 0) is 13.1 Å². The summed E-state index contributed by atoms with van der Waals surface area (Å²) in [5.41, 5.74) is 2.97. The molecule has 0 saturated carbocycles. The molecule has 1 aliphatic rings. The number of hydrogen-bond donors (Lipinski definition) is 1. The molecule has 0 saturated heterocycles. The molecule has 2 heteroatoms. The van der Waals surface area contributed by atoms with E-state index in [1.165, 1.54) is 17.5 Å². The Morgan fingerprint density at radius 2 is 1.67 bits per heavy atom. The first kappa shape index (κ1) is 10.7. The van der Waals surface area contributed by atoms with Gasteiger partial charge in [-0.2, -0.15) is 0 Å². The predicted octanol–water partition coefficient (Wildman–Crippen LogP) is 2.16. The van der Waals surface area contributed by atoms with Gasteiger partial charge in [0.2, 0.25) is 0 Å². The van der Waals surface area contributed by atoms with Gasteiger partial charge in [0.1, 0.15) is 0 Å². The number of nitrogens with zero attached hydrogens (tertiary/aromatic N) is 1. The van der Waals surface area contributed by atoms with Crippen molar-refractivity contribution >= 4 is 0 Å². The Balaban J connectivity index is 1.76. The van der Waals surface area contributed by atoms with E-state index in [0.29, 0.717) is 6.61 Å². The van der Waals surface area contributed by atoms with E-state index in [-0.39, 0.29) is 0 Å². The molecule has 1 aromatic rings. The fourth-order valence-corrected chi connectivity index (χ4v) is 2.19. The minimum Gasteiger partial charge on any atom is -0.396 e. The summed E-state index contributed by atoms with van der Waals surface area (Å²) < 4.78 is 0. The van der Waals surface area contributed by atoms with E-state index < -0.39 is 0 Å². The van der Waals surface area contributed by atoms with E-state index in [0.717, 1.165) is 32.5 Å². The second kappa shape index (κ2) is 5.29.